The lowest BCUT2D eigenvalue weighted by Gasteiger charge is -2.13. The van der Waals surface area contributed by atoms with E-state index in [1.54, 1.807) is 6.07 Å². The van der Waals surface area contributed by atoms with Gasteiger partial charge in [-0.2, -0.15) is 0 Å². The third-order valence-corrected chi connectivity index (χ3v) is 3.13. The largest absolute Gasteiger partial charge is 0.317 e. The van der Waals surface area contributed by atoms with Crippen LogP contribution < -0.4 is 5.32 Å². The van der Waals surface area contributed by atoms with Crippen molar-refractivity contribution >= 4 is 15.9 Å². The molecule has 0 heterocycles. The Morgan fingerprint density at radius 1 is 1.47 bits per heavy atom. The van der Waals surface area contributed by atoms with Crippen LogP contribution in [0.2, 0.25) is 0 Å². The molecule has 1 aromatic rings. The number of halogens is 2. The Bertz CT molecular complexity index is 314. The molecule has 0 bridgehead atoms. The van der Waals surface area contributed by atoms with Gasteiger partial charge in [-0.1, -0.05) is 26.0 Å². The zero-order valence-corrected chi connectivity index (χ0v) is 10.8. The SMILES string of the molecule is CCNCCC(C)c1cccc(Br)c1F. The molecule has 1 N–H and O–H groups in total. The predicted molar refractivity (Wildman–Crippen MR) is 65.7 cm³/mol. The summed E-state index contributed by atoms with van der Waals surface area (Å²) in [5, 5.41) is 3.25. The van der Waals surface area contributed by atoms with E-state index in [0.717, 1.165) is 25.1 Å². The lowest BCUT2D eigenvalue weighted by atomic mass is 9.97. The standard InChI is InChI=1S/C12H17BrFN/c1-3-15-8-7-9(2)10-5-4-6-11(13)12(10)14/h4-6,9,15H,3,7-8H2,1-2H3. The first kappa shape index (κ1) is 12.7. The van der Waals surface area contributed by atoms with Crippen molar-refractivity contribution in [1.29, 1.82) is 0 Å². The monoisotopic (exact) mass is 273 g/mol. The van der Waals surface area contributed by atoms with Crippen LogP contribution in [0.5, 0.6) is 0 Å². The van der Waals surface area contributed by atoms with Gasteiger partial charge in [0.15, 0.2) is 0 Å². The van der Waals surface area contributed by atoms with Crippen molar-refractivity contribution in [3.05, 3.63) is 34.1 Å². The number of benzene rings is 1. The van der Waals surface area contributed by atoms with Crippen LogP contribution in [0.4, 0.5) is 4.39 Å². The van der Waals surface area contributed by atoms with E-state index in [1.165, 1.54) is 0 Å². The van der Waals surface area contributed by atoms with Gasteiger partial charge in [-0.05, 0) is 53.0 Å². The van der Waals surface area contributed by atoms with Gasteiger partial charge in [-0.15, -0.1) is 0 Å². The van der Waals surface area contributed by atoms with Crippen molar-refractivity contribution in [2.45, 2.75) is 26.2 Å². The summed E-state index contributed by atoms with van der Waals surface area (Å²) < 4.78 is 14.2. The molecule has 3 heteroatoms. The van der Waals surface area contributed by atoms with Crippen LogP contribution in [0.1, 0.15) is 31.7 Å². The van der Waals surface area contributed by atoms with Crippen LogP contribution in [0.15, 0.2) is 22.7 Å². The maximum absolute atomic E-state index is 13.7. The van der Waals surface area contributed by atoms with Crippen molar-refractivity contribution in [2.75, 3.05) is 13.1 Å². The highest BCUT2D eigenvalue weighted by molar-refractivity contribution is 9.10. The fourth-order valence-corrected chi connectivity index (χ4v) is 1.93. The molecule has 1 nitrogen and oxygen atoms in total. The Labute approximate surface area is 99.2 Å². The Hall–Kier alpha value is -0.410. The van der Waals surface area contributed by atoms with Crippen LogP contribution in [-0.4, -0.2) is 13.1 Å². The molecule has 0 aromatic heterocycles. The lowest BCUT2D eigenvalue weighted by Crippen LogP contribution is -2.16. The molecular formula is C12H17BrFN. The number of hydrogen-bond acceptors (Lipinski definition) is 1. The number of nitrogens with one attached hydrogen (secondary N) is 1. The van der Waals surface area contributed by atoms with Crippen molar-refractivity contribution in [2.24, 2.45) is 0 Å². The third kappa shape index (κ3) is 3.58. The Morgan fingerprint density at radius 3 is 2.87 bits per heavy atom. The number of hydrogen-bond donors (Lipinski definition) is 1. The van der Waals surface area contributed by atoms with Gasteiger partial charge < -0.3 is 5.32 Å². The molecule has 0 radical (unpaired) electrons. The fraction of sp³-hybridized carbons (Fsp3) is 0.500. The summed E-state index contributed by atoms with van der Waals surface area (Å²) in [6, 6.07) is 5.47. The van der Waals surface area contributed by atoms with E-state index >= 15 is 0 Å². The van der Waals surface area contributed by atoms with Crippen molar-refractivity contribution in [1.82, 2.24) is 5.32 Å². The van der Waals surface area contributed by atoms with Crippen LogP contribution in [-0.2, 0) is 0 Å². The first-order valence-corrected chi connectivity index (χ1v) is 6.10. The molecule has 0 spiro atoms. The molecule has 1 atom stereocenters. The van der Waals surface area contributed by atoms with Gasteiger partial charge >= 0.3 is 0 Å². The second kappa shape index (κ2) is 6.23. The summed E-state index contributed by atoms with van der Waals surface area (Å²) >= 11 is 3.21. The fourth-order valence-electron chi connectivity index (χ4n) is 1.55. The summed E-state index contributed by atoms with van der Waals surface area (Å²) in [5.74, 6) is 0.128. The maximum atomic E-state index is 13.7. The van der Waals surface area contributed by atoms with Gasteiger partial charge in [0.1, 0.15) is 5.82 Å². The van der Waals surface area contributed by atoms with E-state index in [0.29, 0.717) is 4.47 Å². The van der Waals surface area contributed by atoms with Crippen LogP contribution in [0.25, 0.3) is 0 Å². The minimum absolute atomic E-state index is 0.124. The Balaban J connectivity index is 2.65. The smallest absolute Gasteiger partial charge is 0.140 e. The van der Waals surface area contributed by atoms with Gasteiger partial charge in [0.05, 0.1) is 4.47 Å². The van der Waals surface area contributed by atoms with Gasteiger partial charge in [-0.25, -0.2) is 4.39 Å². The van der Waals surface area contributed by atoms with Crippen molar-refractivity contribution in [3.63, 3.8) is 0 Å². The normalized spacial score (nSPS) is 12.8. The van der Waals surface area contributed by atoms with Crippen LogP contribution in [0.3, 0.4) is 0 Å². The first-order valence-electron chi connectivity index (χ1n) is 5.31. The molecule has 0 amide bonds. The second-order valence-electron chi connectivity index (χ2n) is 3.69. The average molecular weight is 274 g/mol. The predicted octanol–water partition coefficient (Wildman–Crippen LogP) is 3.69. The highest BCUT2D eigenvalue weighted by Gasteiger charge is 2.12. The van der Waals surface area contributed by atoms with Crippen molar-refractivity contribution < 1.29 is 4.39 Å². The molecule has 0 saturated carbocycles. The highest BCUT2D eigenvalue weighted by atomic mass is 79.9. The van der Waals surface area contributed by atoms with Crippen molar-refractivity contribution in [3.8, 4) is 0 Å². The molecule has 15 heavy (non-hydrogen) atoms. The molecule has 0 fully saturated rings. The Morgan fingerprint density at radius 2 is 2.20 bits per heavy atom. The van der Waals surface area contributed by atoms with E-state index in [2.05, 4.69) is 35.1 Å². The minimum atomic E-state index is -0.124. The van der Waals surface area contributed by atoms with Crippen LogP contribution in [0, 0.1) is 5.82 Å². The summed E-state index contributed by atoms with van der Waals surface area (Å²) in [4.78, 5) is 0. The molecule has 0 aliphatic heterocycles. The van der Waals surface area contributed by atoms with Crippen LogP contribution >= 0.6 is 15.9 Å². The molecule has 1 rings (SSSR count). The molecule has 0 aliphatic rings. The minimum Gasteiger partial charge on any atom is -0.317 e. The number of rotatable bonds is 5. The maximum Gasteiger partial charge on any atom is 0.140 e. The highest BCUT2D eigenvalue weighted by Crippen LogP contribution is 2.26. The summed E-state index contributed by atoms with van der Waals surface area (Å²) in [7, 11) is 0. The Kier molecular flexibility index (Phi) is 5.26. The summed E-state index contributed by atoms with van der Waals surface area (Å²) in [5.41, 5.74) is 0.794. The molecular weight excluding hydrogens is 257 g/mol. The zero-order chi connectivity index (χ0) is 11.3. The van der Waals surface area contributed by atoms with Gasteiger partial charge in [0.2, 0.25) is 0 Å². The van der Waals surface area contributed by atoms with E-state index in [-0.39, 0.29) is 11.7 Å². The molecule has 1 aromatic carbocycles. The van der Waals surface area contributed by atoms with Gasteiger partial charge in [-0.3, -0.25) is 0 Å². The average Bonchev–Trinajstić information content (AvgIpc) is 2.22. The van der Waals surface area contributed by atoms with Gasteiger partial charge in [0, 0.05) is 0 Å². The second-order valence-corrected chi connectivity index (χ2v) is 4.54. The topological polar surface area (TPSA) is 12.0 Å². The molecule has 1 unspecified atom stereocenters. The summed E-state index contributed by atoms with van der Waals surface area (Å²) in [6.45, 7) is 6.03. The van der Waals surface area contributed by atoms with E-state index in [1.807, 2.05) is 12.1 Å². The lowest BCUT2D eigenvalue weighted by molar-refractivity contribution is 0.554. The molecule has 0 aliphatic carbocycles. The third-order valence-electron chi connectivity index (χ3n) is 2.52. The quantitative estimate of drug-likeness (QED) is 0.807. The first-order chi connectivity index (χ1) is 7.16. The van der Waals surface area contributed by atoms with Gasteiger partial charge in [0.25, 0.3) is 0 Å². The molecule has 84 valence electrons. The van der Waals surface area contributed by atoms with E-state index in [4.69, 9.17) is 0 Å². The molecule has 0 saturated heterocycles. The zero-order valence-electron chi connectivity index (χ0n) is 9.19. The summed E-state index contributed by atoms with van der Waals surface area (Å²) in [6.07, 6.45) is 0.960. The van der Waals surface area contributed by atoms with E-state index in [9.17, 15) is 4.39 Å². The van der Waals surface area contributed by atoms with E-state index < -0.39 is 0 Å².